The first-order chi connectivity index (χ1) is 17.3. The van der Waals surface area contributed by atoms with Gasteiger partial charge in [0, 0.05) is 36.2 Å². The number of benzene rings is 2. The lowest BCUT2D eigenvalue weighted by Crippen LogP contribution is -2.45. The van der Waals surface area contributed by atoms with Gasteiger partial charge in [0.25, 0.3) is 0 Å². The Morgan fingerprint density at radius 2 is 1.75 bits per heavy atom. The number of rotatable bonds is 5. The second kappa shape index (κ2) is 10.2. The van der Waals surface area contributed by atoms with Crippen molar-refractivity contribution in [2.45, 2.75) is 36.5 Å². The molecule has 2 aliphatic rings. The van der Waals surface area contributed by atoms with Crippen molar-refractivity contribution in [2.75, 3.05) is 30.3 Å². The first kappa shape index (κ1) is 24.8. The molecule has 188 valence electrons. The van der Waals surface area contributed by atoms with Crippen LogP contribution in [0.5, 0.6) is 0 Å². The monoisotopic (exact) mass is 523 g/mol. The predicted molar refractivity (Wildman–Crippen MR) is 142 cm³/mol. The van der Waals surface area contributed by atoms with E-state index < -0.39 is 10.0 Å². The highest BCUT2D eigenvalue weighted by Gasteiger charge is 2.37. The zero-order valence-electron chi connectivity index (χ0n) is 20.4. The van der Waals surface area contributed by atoms with Gasteiger partial charge in [-0.15, -0.1) is 11.8 Å². The van der Waals surface area contributed by atoms with Gasteiger partial charge in [0.05, 0.1) is 5.69 Å². The fraction of sp³-hybridized carbons (Fsp3) is 0.333. The van der Waals surface area contributed by atoms with Crippen LogP contribution in [0.4, 0.5) is 5.69 Å². The first-order valence-corrected chi connectivity index (χ1v) is 14.5. The number of hydrogen-bond acceptors (Lipinski definition) is 6. The summed E-state index contributed by atoms with van der Waals surface area (Å²) in [7, 11) is -3.82. The SMILES string of the molecule is Cc1ccc(C=Cc2onc(C)c2S(=O)(=O)N2CCC(C(=O)N3CCSc4ccccc43)CC2)cc1. The molecule has 0 spiro atoms. The number of aryl methyl sites for hydroxylation is 2. The molecule has 9 heteroatoms. The van der Waals surface area contributed by atoms with Crippen molar-refractivity contribution in [3.05, 3.63) is 71.1 Å². The molecule has 0 radical (unpaired) electrons. The molecule has 2 aromatic carbocycles. The van der Waals surface area contributed by atoms with Crippen LogP contribution < -0.4 is 4.90 Å². The van der Waals surface area contributed by atoms with E-state index in [1.54, 1.807) is 24.8 Å². The normalized spacial score (nSPS) is 17.4. The Balaban J connectivity index is 1.30. The van der Waals surface area contributed by atoms with E-state index in [1.807, 2.05) is 66.4 Å². The number of aromatic nitrogens is 1. The van der Waals surface area contributed by atoms with Crippen LogP contribution in [-0.2, 0) is 14.8 Å². The van der Waals surface area contributed by atoms with E-state index in [0.29, 0.717) is 25.1 Å². The van der Waals surface area contributed by atoms with Crippen LogP contribution >= 0.6 is 11.8 Å². The minimum atomic E-state index is -3.82. The molecule has 0 unspecified atom stereocenters. The Morgan fingerprint density at radius 3 is 2.50 bits per heavy atom. The third-order valence-corrected chi connectivity index (χ3v) is 9.83. The van der Waals surface area contributed by atoms with Gasteiger partial charge in [-0.3, -0.25) is 4.79 Å². The fourth-order valence-electron chi connectivity index (χ4n) is 4.74. The fourth-order valence-corrected chi connectivity index (χ4v) is 7.45. The maximum atomic E-state index is 13.6. The molecule has 0 N–H and O–H groups in total. The van der Waals surface area contributed by atoms with Crippen molar-refractivity contribution >= 4 is 45.5 Å². The van der Waals surface area contributed by atoms with Crippen LogP contribution in [0.2, 0.25) is 0 Å². The van der Waals surface area contributed by atoms with Gasteiger partial charge >= 0.3 is 0 Å². The second-order valence-electron chi connectivity index (χ2n) is 9.19. The highest BCUT2D eigenvalue weighted by Crippen LogP contribution is 2.36. The summed E-state index contributed by atoms with van der Waals surface area (Å²) in [5.41, 5.74) is 3.38. The number of fused-ring (bicyclic) bond motifs is 1. The zero-order valence-corrected chi connectivity index (χ0v) is 22.0. The molecule has 1 fully saturated rings. The summed E-state index contributed by atoms with van der Waals surface area (Å²) in [6, 6.07) is 15.9. The highest BCUT2D eigenvalue weighted by atomic mass is 32.2. The van der Waals surface area contributed by atoms with E-state index in [-0.39, 0.29) is 35.6 Å². The van der Waals surface area contributed by atoms with Crippen molar-refractivity contribution in [1.82, 2.24) is 9.46 Å². The van der Waals surface area contributed by atoms with Gasteiger partial charge < -0.3 is 9.42 Å². The molecule has 2 aliphatic heterocycles. The van der Waals surface area contributed by atoms with E-state index in [4.69, 9.17) is 4.52 Å². The summed E-state index contributed by atoms with van der Waals surface area (Å²) in [5, 5.41) is 3.93. The lowest BCUT2D eigenvalue weighted by atomic mass is 9.96. The Kier molecular flexibility index (Phi) is 7.05. The number of nitrogens with zero attached hydrogens (tertiary/aromatic N) is 3. The smallest absolute Gasteiger partial charge is 0.248 e. The Bertz CT molecular complexity index is 1390. The van der Waals surface area contributed by atoms with Crippen molar-refractivity contribution in [2.24, 2.45) is 5.92 Å². The van der Waals surface area contributed by atoms with E-state index in [1.165, 1.54) is 4.31 Å². The van der Waals surface area contributed by atoms with Gasteiger partial charge in [0.15, 0.2) is 10.7 Å². The highest BCUT2D eigenvalue weighted by molar-refractivity contribution is 7.99. The summed E-state index contributed by atoms with van der Waals surface area (Å²) >= 11 is 1.76. The predicted octanol–water partition coefficient (Wildman–Crippen LogP) is 5.00. The third kappa shape index (κ3) is 4.87. The van der Waals surface area contributed by atoms with E-state index >= 15 is 0 Å². The number of carbonyl (C=O) groups is 1. The number of amides is 1. The molecule has 3 heterocycles. The van der Waals surface area contributed by atoms with Gasteiger partial charge in [-0.05, 0) is 50.5 Å². The van der Waals surface area contributed by atoms with Crippen LogP contribution in [0, 0.1) is 19.8 Å². The molecule has 7 nitrogen and oxygen atoms in total. The van der Waals surface area contributed by atoms with Crippen LogP contribution in [0.15, 0.2) is 62.8 Å². The van der Waals surface area contributed by atoms with Crippen molar-refractivity contribution in [3.63, 3.8) is 0 Å². The summed E-state index contributed by atoms with van der Waals surface area (Å²) in [5.74, 6) is 0.968. The van der Waals surface area contributed by atoms with Crippen LogP contribution in [-0.4, -0.2) is 49.2 Å². The van der Waals surface area contributed by atoms with Crippen molar-refractivity contribution < 1.29 is 17.7 Å². The quantitative estimate of drug-likeness (QED) is 0.468. The maximum absolute atomic E-state index is 13.6. The van der Waals surface area contributed by atoms with E-state index in [0.717, 1.165) is 27.5 Å². The summed E-state index contributed by atoms with van der Waals surface area (Å²) in [6.07, 6.45) is 4.45. The minimum absolute atomic E-state index is 0.0858. The van der Waals surface area contributed by atoms with Gasteiger partial charge in [-0.2, -0.15) is 4.31 Å². The Labute approximate surface area is 216 Å². The average molecular weight is 524 g/mol. The standard InChI is InChI=1S/C27H29N3O4S2/c1-19-7-9-21(10-8-19)11-12-24-26(20(2)28-34-24)36(32,33)29-15-13-22(14-16-29)27(31)30-17-18-35-25-6-4-3-5-23(25)30/h3-12,22H,13-18H2,1-2H3. The first-order valence-electron chi connectivity index (χ1n) is 12.1. The molecule has 0 saturated carbocycles. The summed E-state index contributed by atoms with van der Waals surface area (Å²) < 4.78 is 34.0. The van der Waals surface area contributed by atoms with Crippen LogP contribution in [0.3, 0.4) is 0 Å². The topological polar surface area (TPSA) is 83.7 Å². The van der Waals surface area contributed by atoms with Gasteiger partial charge in [0.1, 0.15) is 5.69 Å². The molecule has 1 amide bonds. The minimum Gasteiger partial charge on any atom is -0.355 e. The molecular weight excluding hydrogens is 494 g/mol. The largest absolute Gasteiger partial charge is 0.355 e. The maximum Gasteiger partial charge on any atom is 0.248 e. The zero-order chi connectivity index (χ0) is 25.3. The molecule has 5 rings (SSSR count). The van der Waals surface area contributed by atoms with Crippen molar-refractivity contribution in [3.8, 4) is 0 Å². The van der Waals surface area contributed by atoms with Gasteiger partial charge in [-0.1, -0.05) is 53.2 Å². The molecule has 0 atom stereocenters. The van der Waals surface area contributed by atoms with Crippen LogP contribution in [0.25, 0.3) is 12.2 Å². The molecule has 0 aliphatic carbocycles. The number of hydrogen-bond donors (Lipinski definition) is 0. The Hall–Kier alpha value is -2.88. The van der Waals surface area contributed by atoms with Gasteiger partial charge in [-0.25, -0.2) is 8.42 Å². The number of sulfonamides is 1. The molecule has 1 aromatic heterocycles. The van der Waals surface area contributed by atoms with E-state index in [9.17, 15) is 13.2 Å². The Morgan fingerprint density at radius 1 is 1.03 bits per heavy atom. The van der Waals surface area contributed by atoms with Crippen molar-refractivity contribution in [1.29, 1.82) is 0 Å². The van der Waals surface area contributed by atoms with E-state index in [2.05, 4.69) is 5.16 Å². The summed E-state index contributed by atoms with van der Waals surface area (Å²) in [6.45, 7) is 4.90. The summed E-state index contributed by atoms with van der Waals surface area (Å²) in [4.78, 5) is 16.5. The van der Waals surface area contributed by atoms with Crippen LogP contribution in [0.1, 0.15) is 35.4 Å². The lowest BCUT2D eigenvalue weighted by molar-refractivity contribution is -0.123. The number of piperidine rings is 1. The number of para-hydroxylation sites is 1. The second-order valence-corrected chi connectivity index (χ2v) is 12.2. The average Bonchev–Trinajstić information content (AvgIpc) is 3.28. The third-order valence-electron chi connectivity index (χ3n) is 6.73. The number of anilines is 1. The molecule has 1 saturated heterocycles. The lowest BCUT2D eigenvalue weighted by Gasteiger charge is -2.35. The molecular formula is C27H29N3O4S2. The molecule has 3 aromatic rings. The number of thioether (sulfide) groups is 1. The van der Waals surface area contributed by atoms with Gasteiger partial charge in [0.2, 0.25) is 15.9 Å². The molecule has 0 bridgehead atoms. The molecule has 36 heavy (non-hydrogen) atoms. The number of carbonyl (C=O) groups excluding carboxylic acids is 1.